The van der Waals surface area contributed by atoms with Crippen LogP contribution in [0.3, 0.4) is 0 Å². The topological polar surface area (TPSA) is 186 Å². The third kappa shape index (κ3) is 5.11. The van der Waals surface area contributed by atoms with Crippen LogP contribution in [0.5, 0.6) is 0 Å². The number of nitrogens with one attached hydrogen (secondary N) is 1. The van der Waals surface area contributed by atoms with Gasteiger partial charge < -0.3 is 21.0 Å². The number of fused-ring (bicyclic) bond motifs is 1. The van der Waals surface area contributed by atoms with Crippen molar-refractivity contribution in [1.82, 2.24) is 29.8 Å². The average Bonchev–Trinajstić information content (AvgIpc) is 3.47. The standard InChI is InChI=1S/C16H13F3N8O5S4/c1-32-25-5(8-22-14(20)36-26-8)9(28)21-6-10(29)27-7(12(30)31)4(2-33-11(6)27)3-34-15-24-23-13(35-15)16(17,18)19/h6,11H,2-3H2,1H3,(H,21,28)(H,30,31)(H2,20,22,26)/b25-5+/t6?,11-/m1/s1. The van der Waals surface area contributed by atoms with Crippen molar-refractivity contribution in [3.8, 4) is 0 Å². The van der Waals surface area contributed by atoms with Crippen LogP contribution in [0.4, 0.5) is 18.3 Å². The summed E-state index contributed by atoms with van der Waals surface area (Å²) in [6.45, 7) is 0. The molecule has 0 spiro atoms. The first kappa shape index (κ1) is 26.1. The molecule has 2 aliphatic rings. The Morgan fingerprint density at radius 2 is 2.14 bits per heavy atom. The lowest BCUT2D eigenvalue weighted by molar-refractivity contribution is -0.150. The van der Waals surface area contributed by atoms with Crippen molar-refractivity contribution >= 4 is 75.0 Å². The van der Waals surface area contributed by atoms with Gasteiger partial charge in [0.1, 0.15) is 24.2 Å². The van der Waals surface area contributed by atoms with E-state index in [1.54, 1.807) is 0 Å². The van der Waals surface area contributed by atoms with Gasteiger partial charge in [-0.15, -0.1) is 22.0 Å². The second-order valence-electron chi connectivity index (χ2n) is 6.86. The van der Waals surface area contributed by atoms with E-state index < -0.39 is 40.4 Å². The van der Waals surface area contributed by atoms with E-state index in [0.717, 1.165) is 28.2 Å². The SMILES string of the molecule is CO/N=C(/C(=O)NC1C(=O)N2C(C(=O)O)=C(CSc3nnc(C(F)(F)F)s3)CS[C@H]12)c1nsc(N)n1. The normalized spacial score (nSPS) is 20.2. The lowest BCUT2D eigenvalue weighted by Crippen LogP contribution is -2.71. The molecule has 1 fully saturated rings. The number of β-lactam (4-membered cyclic amide) rings is 1. The number of carbonyl (C=O) groups is 3. The molecule has 2 aromatic rings. The molecule has 1 saturated heterocycles. The van der Waals surface area contributed by atoms with Crippen LogP contribution in [-0.4, -0.2) is 83.1 Å². The molecule has 192 valence electrons. The number of rotatable bonds is 8. The summed E-state index contributed by atoms with van der Waals surface area (Å²) in [6, 6.07) is -1.07. The van der Waals surface area contributed by atoms with Crippen LogP contribution in [0.25, 0.3) is 0 Å². The number of aliphatic carboxylic acids is 1. The zero-order chi connectivity index (χ0) is 26.2. The van der Waals surface area contributed by atoms with Crippen molar-refractivity contribution in [1.29, 1.82) is 0 Å². The third-order valence-corrected chi connectivity index (χ3v) is 8.68. The Balaban J connectivity index is 1.47. The van der Waals surface area contributed by atoms with Crippen LogP contribution in [0.1, 0.15) is 10.8 Å². The highest BCUT2D eigenvalue weighted by Crippen LogP contribution is 2.42. The number of oxime groups is 1. The molecule has 4 rings (SSSR count). The number of carbonyl (C=O) groups excluding carboxylic acids is 2. The summed E-state index contributed by atoms with van der Waals surface area (Å²) in [4.78, 5) is 47.1. The maximum absolute atomic E-state index is 12.8. The second-order valence-corrected chi connectivity index (χ2v) is 10.9. The van der Waals surface area contributed by atoms with E-state index in [2.05, 4.69) is 34.9 Å². The van der Waals surface area contributed by atoms with E-state index in [9.17, 15) is 32.7 Å². The predicted octanol–water partition coefficient (Wildman–Crippen LogP) is 0.872. The molecule has 20 heteroatoms. The molecular weight excluding hydrogens is 569 g/mol. The minimum absolute atomic E-state index is 0.00742. The summed E-state index contributed by atoms with van der Waals surface area (Å²) in [6.07, 6.45) is -4.63. The molecule has 4 N–H and O–H groups in total. The molecule has 0 bridgehead atoms. The van der Waals surface area contributed by atoms with Gasteiger partial charge in [-0.1, -0.05) is 28.3 Å². The van der Waals surface area contributed by atoms with Gasteiger partial charge in [-0.05, 0) is 5.57 Å². The maximum Gasteiger partial charge on any atom is 0.445 e. The highest BCUT2D eigenvalue weighted by atomic mass is 32.2. The highest BCUT2D eigenvalue weighted by molar-refractivity contribution is 8.01. The number of amides is 2. The fraction of sp³-hybridized carbons (Fsp3) is 0.375. The van der Waals surface area contributed by atoms with Crippen LogP contribution >= 0.6 is 46.4 Å². The fourth-order valence-electron chi connectivity index (χ4n) is 3.14. The van der Waals surface area contributed by atoms with Gasteiger partial charge in [-0.3, -0.25) is 14.5 Å². The molecule has 36 heavy (non-hydrogen) atoms. The summed E-state index contributed by atoms with van der Waals surface area (Å²) in [7, 11) is 1.20. The van der Waals surface area contributed by atoms with Gasteiger partial charge in [-0.25, -0.2) is 4.79 Å². The van der Waals surface area contributed by atoms with Crippen molar-refractivity contribution in [2.45, 2.75) is 21.9 Å². The zero-order valence-electron chi connectivity index (χ0n) is 17.7. The Labute approximate surface area is 215 Å². The van der Waals surface area contributed by atoms with E-state index in [4.69, 9.17) is 5.73 Å². The number of hydrogen-bond acceptors (Lipinski definition) is 14. The molecule has 2 atom stereocenters. The smallest absolute Gasteiger partial charge is 0.445 e. The quantitative estimate of drug-likeness (QED) is 0.173. The van der Waals surface area contributed by atoms with Gasteiger partial charge in [-0.2, -0.15) is 22.5 Å². The van der Waals surface area contributed by atoms with E-state index in [-0.39, 0.29) is 38.2 Å². The van der Waals surface area contributed by atoms with Crippen LogP contribution in [0.15, 0.2) is 20.8 Å². The molecule has 13 nitrogen and oxygen atoms in total. The maximum atomic E-state index is 12.8. The molecule has 2 amide bonds. The second kappa shape index (κ2) is 10.2. The average molecular weight is 583 g/mol. The molecular formula is C16H13F3N8O5S4. The lowest BCUT2D eigenvalue weighted by atomic mass is 10.0. The number of alkyl halides is 3. The number of halogens is 3. The van der Waals surface area contributed by atoms with Crippen molar-refractivity contribution in [3.05, 3.63) is 22.1 Å². The molecule has 1 unspecified atom stereocenters. The number of anilines is 1. The number of nitrogen functional groups attached to an aromatic ring is 1. The number of carboxylic acid groups (broad SMARTS) is 1. The Kier molecular flexibility index (Phi) is 7.38. The van der Waals surface area contributed by atoms with Crippen LogP contribution in [-0.2, 0) is 25.4 Å². The monoisotopic (exact) mass is 582 g/mol. The van der Waals surface area contributed by atoms with Gasteiger partial charge in [0.15, 0.2) is 9.47 Å². The van der Waals surface area contributed by atoms with E-state index >= 15 is 0 Å². The Bertz CT molecular complexity index is 1280. The number of aromatic nitrogens is 4. The van der Waals surface area contributed by atoms with Gasteiger partial charge in [0, 0.05) is 23.0 Å². The van der Waals surface area contributed by atoms with Gasteiger partial charge in [0.2, 0.25) is 16.5 Å². The molecule has 0 saturated carbocycles. The summed E-state index contributed by atoms with van der Waals surface area (Å²) in [5, 5.41) is 20.6. The Morgan fingerprint density at radius 1 is 1.39 bits per heavy atom. The molecule has 2 aliphatic heterocycles. The molecule has 0 aromatic carbocycles. The third-order valence-electron chi connectivity index (χ3n) is 4.61. The fourth-order valence-corrected chi connectivity index (χ4v) is 6.78. The van der Waals surface area contributed by atoms with Crippen molar-refractivity contribution in [2.75, 3.05) is 24.3 Å². The van der Waals surface area contributed by atoms with Crippen molar-refractivity contribution in [3.63, 3.8) is 0 Å². The van der Waals surface area contributed by atoms with Crippen molar-refractivity contribution < 1.29 is 37.5 Å². The number of carboxylic acids is 1. The van der Waals surface area contributed by atoms with E-state index in [0.29, 0.717) is 16.9 Å². The Morgan fingerprint density at radius 3 is 2.72 bits per heavy atom. The summed E-state index contributed by atoms with van der Waals surface area (Å²) in [5.41, 5.74) is 5.24. The summed E-state index contributed by atoms with van der Waals surface area (Å²) in [5.74, 6) is -2.86. The Hall–Kier alpha value is -2.97. The van der Waals surface area contributed by atoms with E-state index in [1.807, 2.05) is 0 Å². The minimum atomic E-state index is -4.63. The number of thioether (sulfide) groups is 2. The first-order valence-electron chi connectivity index (χ1n) is 9.46. The molecule has 0 aliphatic carbocycles. The largest absolute Gasteiger partial charge is 0.477 e. The lowest BCUT2D eigenvalue weighted by Gasteiger charge is -2.49. The zero-order valence-corrected chi connectivity index (χ0v) is 20.9. The van der Waals surface area contributed by atoms with Crippen LogP contribution < -0.4 is 11.1 Å². The van der Waals surface area contributed by atoms with Crippen LogP contribution in [0.2, 0.25) is 0 Å². The summed E-state index contributed by atoms with van der Waals surface area (Å²) < 4.78 is 42.1. The first-order valence-corrected chi connectivity index (χ1v) is 13.1. The minimum Gasteiger partial charge on any atom is -0.477 e. The van der Waals surface area contributed by atoms with Crippen LogP contribution in [0, 0.1) is 0 Å². The molecule has 4 heterocycles. The highest BCUT2D eigenvalue weighted by Gasteiger charge is 2.54. The van der Waals surface area contributed by atoms with Gasteiger partial charge >= 0.3 is 12.1 Å². The van der Waals surface area contributed by atoms with Crippen molar-refractivity contribution in [2.24, 2.45) is 5.16 Å². The molecule has 0 radical (unpaired) electrons. The predicted molar refractivity (Wildman–Crippen MR) is 123 cm³/mol. The summed E-state index contributed by atoms with van der Waals surface area (Å²) >= 11 is 3.24. The van der Waals surface area contributed by atoms with Gasteiger partial charge in [0.25, 0.3) is 11.8 Å². The number of hydrogen-bond donors (Lipinski definition) is 3. The molecule has 2 aromatic heterocycles. The van der Waals surface area contributed by atoms with Gasteiger partial charge in [0.05, 0.1) is 0 Å². The number of nitrogens with zero attached hydrogens (tertiary/aromatic N) is 6. The van der Waals surface area contributed by atoms with E-state index in [1.165, 1.54) is 18.9 Å². The number of nitrogens with two attached hydrogens (primary N) is 1. The first-order chi connectivity index (χ1) is 17.0.